The van der Waals surface area contributed by atoms with E-state index in [1.807, 2.05) is 0 Å². The van der Waals surface area contributed by atoms with Crippen molar-refractivity contribution in [3.05, 3.63) is 39.7 Å². The van der Waals surface area contributed by atoms with Gasteiger partial charge in [-0.15, -0.1) is 0 Å². The minimum atomic E-state index is -0.520. The number of aryl methyl sites for hydroxylation is 1. The molecule has 2 aromatic rings. The van der Waals surface area contributed by atoms with Crippen LogP contribution in [0.15, 0.2) is 18.3 Å². The van der Waals surface area contributed by atoms with Gasteiger partial charge in [-0.05, 0) is 0 Å². The van der Waals surface area contributed by atoms with Crippen molar-refractivity contribution in [3.63, 3.8) is 0 Å². The Balaban J connectivity index is 2.36. The van der Waals surface area contributed by atoms with Crippen molar-refractivity contribution in [1.29, 1.82) is 0 Å². The smallest absolute Gasteiger partial charge is 0.311 e. The molecule has 0 saturated heterocycles. The summed E-state index contributed by atoms with van der Waals surface area (Å²) >= 11 is 0. The average molecular weight is 302 g/mol. The lowest BCUT2D eigenvalue weighted by molar-refractivity contribution is -0.385. The minimum absolute atomic E-state index is 0.0674. The van der Waals surface area contributed by atoms with Gasteiger partial charge in [-0.25, -0.2) is 0 Å². The lowest BCUT2D eigenvalue weighted by Crippen LogP contribution is -2.26. The van der Waals surface area contributed by atoms with Crippen LogP contribution in [0.25, 0.3) is 11.1 Å². The molecule has 22 heavy (non-hydrogen) atoms. The maximum absolute atomic E-state index is 12.5. The van der Waals surface area contributed by atoms with Crippen LogP contribution in [-0.4, -0.2) is 39.7 Å². The predicted molar refractivity (Wildman–Crippen MR) is 77.6 cm³/mol. The number of benzene rings is 1. The van der Waals surface area contributed by atoms with E-state index in [1.54, 1.807) is 29.9 Å². The number of fused-ring (bicyclic) bond motifs is 3. The molecule has 2 heterocycles. The van der Waals surface area contributed by atoms with E-state index in [4.69, 9.17) is 4.74 Å². The molecule has 0 atom stereocenters. The van der Waals surface area contributed by atoms with E-state index in [0.717, 1.165) is 11.3 Å². The van der Waals surface area contributed by atoms with Crippen LogP contribution >= 0.6 is 0 Å². The van der Waals surface area contributed by atoms with Crippen molar-refractivity contribution < 1.29 is 14.5 Å². The van der Waals surface area contributed by atoms with E-state index in [9.17, 15) is 14.9 Å². The van der Waals surface area contributed by atoms with Gasteiger partial charge >= 0.3 is 5.69 Å². The van der Waals surface area contributed by atoms with Gasteiger partial charge in [0.1, 0.15) is 0 Å². The standard InChI is InChI=1S/C14H14N4O4/c1-16-7-12-10(6-15-17(12)2)8-4-11(18(20)21)13(22-3)5-9(8)14(16)19/h4-6H,7H2,1-3H3. The van der Waals surface area contributed by atoms with Gasteiger partial charge in [-0.3, -0.25) is 19.6 Å². The summed E-state index contributed by atoms with van der Waals surface area (Å²) in [5.74, 6) is -0.141. The molecule has 1 aliphatic heterocycles. The van der Waals surface area contributed by atoms with Crippen molar-refractivity contribution in [2.24, 2.45) is 7.05 Å². The highest BCUT2D eigenvalue weighted by Gasteiger charge is 2.30. The molecule has 0 radical (unpaired) electrons. The fraction of sp³-hybridized carbons (Fsp3) is 0.286. The van der Waals surface area contributed by atoms with Crippen LogP contribution in [0.3, 0.4) is 0 Å². The molecule has 8 heteroatoms. The first-order chi connectivity index (χ1) is 10.4. The normalized spacial score (nSPS) is 13.4. The number of ether oxygens (including phenoxy) is 1. The second-order valence-corrected chi connectivity index (χ2v) is 5.12. The molecular formula is C14H14N4O4. The van der Waals surface area contributed by atoms with Crippen molar-refractivity contribution in [1.82, 2.24) is 14.7 Å². The summed E-state index contributed by atoms with van der Waals surface area (Å²) in [7, 11) is 4.80. The number of hydrogen-bond donors (Lipinski definition) is 0. The number of hydrogen-bond acceptors (Lipinski definition) is 5. The summed E-state index contributed by atoms with van der Waals surface area (Å²) in [6, 6.07) is 2.81. The highest BCUT2D eigenvalue weighted by molar-refractivity contribution is 6.03. The average Bonchev–Trinajstić information content (AvgIpc) is 2.81. The van der Waals surface area contributed by atoms with Gasteiger partial charge in [-0.1, -0.05) is 0 Å². The van der Waals surface area contributed by atoms with Gasteiger partial charge in [0.2, 0.25) is 0 Å². The summed E-state index contributed by atoms with van der Waals surface area (Å²) in [5.41, 5.74) is 2.25. The zero-order valence-corrected chi connectivity index (χ0v) is 12.4. The van der Waals surface area contributed by atoms with E-state index < -0.39 is 4.92 Å². The first-order valence-electron chi connectivity index (χ1n) is 6.57. The van der Waals surface area contributed by atoms with Crippen LogP contribution in [0.4, 0.5) is 5.69 Å². The number of methoxy groups -OCH3 is 1. The Bertz CT molecular complexity index is 796. The molecular weight excluding hydrogens is 288 g/mol. The van der Waals surface area contributed by atoms with Gasteiger partial charge < -0.3 is 9.64 Å². The Morgan fingerprint density at radius 1 is 1.27 bits per heavy atom. The number of carbonyl (C=O) groups excluding carboxylic acids is 1. The van der Waals surface area contributed by atoms with Gasteiger partial charge in [0, 0.05) is 37.4 Å². The molecule has 3 rings (SSSR count). The summed E-state index contributed by atoms with van der Waals surface area (Å²) in [6.07, 6.45) is 1.62. The highest BCUT2D eigenvalue weighted by Crippen LogP contribution is 2.39. The van der Waals surface area contributed by atoms with Gasteiger partial charge in [0.25, 0.3) is 5.91 Å². The molecule has 0 saturated carbocycles. The van der Waals surface area contributed by atoms with E-state index in [-0.39, 0.29) is 17.3 Å². The SMILES string of the molecule is COc1cc2c(cc1[N+](=O)[O-])-c1cnn(C)c1CN(C)C2=O. The monoisotopic (exact) mass is 302 g/mol. The Morgan fingerprint density at radius 2 is 2.00 bits per heavy atom. The lowest BCUT2D eigenvalue weighted by Gasteiger charge is -2.15. The Hall–Kier alpha value is -2.90. The van der Waals surface area contributed by atoms with Crippen LogP contribution in [0.5, 0.6) is 5.75 Å². The van der Waals surface area contributed by atoms with Crippen LogP contribution < -0.4 is 4.74 Å². The topological polar surface area (TPSA) is 90.5 Å². The van der Waals surface area contributed by atoms with E-state index >= 15 is 0 Å². The van der Waals surface area contributed by atoms with Crippen LogP contribution in [0.2, 0.25) is 0 Å². The number of aromatic nitrogens is 2. The summed E-state index contributed by atoms with van der Waals surface area (Å²) in [5, 5.41) is 15.4. The van der Waals surface area contributed by atoms with Crippen molar-refractivity contribution in [3.8, 4) is 16.9 Å². The quantitative estimate of drug-likeness (QED) is 0.620. The second kappa shape index (κ2) is 4.83. The first kappa shape index (κ1) is 14.1. The highest BCUT2D eigenvalue weighted by atomic mass is 16.6. The second-order valence-electron chi connectivity index (χ2n) is 5.12. The lowest BCUT2D eigenvalue weighted by atomic mass is 9.99. The number of carbonyl (C=O) groups is 1. The number of rotatable bonds is 2. The molecule has 1 aliphatic rings. The summed E-state index contributed by atoms with van der Waals surface area (Å²) in [4.78, 5) is 24.8. The zero-order valence-electron chi connectivity index (χ0n) is 12.4. The molecule has 114 valence electrons. The molecule has 0 spiro atoms. The van der Waals surface area contributed by atoms with Crippen LogP contribution in [-0.2, 0) is 13.6 Å². The molecule has 0 fully saturated rings. The fourth-order valence-electron chi connectivity index (χ4n) is 2.65. The van der Waals surface area contributed by atoms with Gasteiger partial charge in [0.05, 0.1) is 36.0 Å². The molecule has 0 bridgehead atoms. The van der Waals surface area contributed by atoms with Gasteiger partial charge in [0.15, 0.2) is 5.75 Å². The molecule has 0 unspecified atom stereocenters. The first-order valence-corrected chi connectivity index (χ1v) is 6.57. The number of nitro groups is 1. The number of nitrogens with zero attached hydrogens (tertiary/aromatic N) is 4. The third-order valence-corrected chi connectivity index (χ3v) is 3.83. The van der Waals surface area contributed by atoms with Crippen molar-refractivity contribution >= 4 is 11.6 Å². The van der Waals surface area contributed by atoms with Crippen molar-refractivity contribution in [2.75, 3.05) is 14.2 Å². The Morgan fingerprint density at radius 3 is 2.64 bits per heavy atom. The number of amides is 1. The number of nitro benzene ring substituents is 1. The van der Waals surface area contributed by atoms with E-state index in [0.29, 0.717) is 17.7 Å². The molecule has 1 aromatic carbocycles. The molecule has 1 amide bonds. The maximum atomic E-state index is 12.5. The maximum Gasteiger partial charge on any atom is 0.311 e. The third kappa shape index (κ3) is 1.92. The zero-order chi connectivity index (χ0) is 16.0. The fourth-order valence-corrected chi connectivity index (χ4v) is 2.65. The largest absolute Gasteiger partial charge is 0.490 e. The van der Waals surface area contributed by atoms with Gasteiger partial charge in [-0.2, -0.15) is 5.10 Å². The molecule has 1 aromatic heterocycles. The van der Waals surface area contributed by atoms with E-state index in [2.05, 4.69) is 5.10 Å². The molecule has 0 N–H and O–H groups in total. The predicted octanol–water partition coefficient (Wildman–Crippen LogP) is 1.59. The Labute approximate surface area is 126 Å². The van der Waals surface area contributed by atoms with E-state index in [1.165, 1.54) is 19.2 Å². The third-order valence-electron chi connectivity index (χ3n) is 3.83. The summed E-state index contributed by atoms with van der Waals surface area (Å²) in [6.45, 7) is 0.384. The summed E-state index contributed by atoms with van der Waals surface area (Å²) < 4.78 is 6.73. The Kier molecular flexibility index (Phi) is 3.09. The van der Waals surface area contributed by atoms with Crippen molar-refractivity contribution in [2.45, 2.75) is 6.54 Å². The van der Waals surface area contributed by atoms with Crippen LogP contribution in [0.1, 0.15) is 16.1 Å². The molecule has 8 nitrogen and oxygen atoms in total. The van der Waals surface area contributed by atoms with Crippen LogP contribution in [0, 0.1) is 10.1 Å². The molecule has 0 aliphatic carbocycles. The minimum Gasteiger partial charge on any atom is -0.490 e.